The van der Waals surface area contributed by atoms with Crippen molar-refractivity contribution in [3.63, 3.8) is 0 Å². The number of carbonyl (C=O) groups excluding carboxylic acids is 1. The molecule has 12 heavy (non-hydrogen) atoms. The molecule has 3 heteroatoms. The van der Waals surface area contributed by atoms with E-state index in [1.165, 1.54) is 0 Å². The second-order valence-electron chi connectivity index (χ2n) is 3.66. The van der Waals surface area contributed by atoms with Crippen molar-refractivity contribution in [2.75, 3.05) is 13.2 Å². The first-order valence-electron chi connectivity index (χ1n) is 4.41. The van der Waals surface area contributed by atoms with E-state index in [1.54, 1.807) is 0 Å². The number of ether oxygens (including phenoxy) is 1. The predicted octanol–water partition coefficient (Wildman–Crippen LogP) is 0.753. The molecule has 0 amide bonds. The van der Waals surface area contributed by atoms with Gasteiger partial charge in [-0.05, 0) is 0 Å². The number of hydrogen-bond acceptors (Lipinski definition) is 3. The molecule has 1 aliphatic rings. The van der Waals surface area contributed by atoms with E-state index < -0.39 is 5.60 Å². The summed E-state index contributed by atoms with van der Waals surface area (Å²) in [6, 6.07) is 0. The quantitative estimate of drug-likeness (QED) is 0.668. The van der Waals surface area contributed by atoms with Gasteiger partial charge < -0.3 is 9.84 Å². The largest absolute Gasteiger partial charge is 0.382 e. The molecule has 70 valence electrons. The molecule has 0 aromatic heterocycles. The average Bonchev–Trinajstić information content (AvgIpc) is 2.04. The van der Waals surface area contributed by atoms with Gasteiger partial charge in [0.2, 0.25) is 0 Å². The van der Waals surface area contributed by atoms with Gasteiger partial charge in [0.1, 0.15) is 5.60 Å². The summed E-state index contributed by atoms with van der Waals surface area (Å²) >= 11 is 0. The van der Waals surface area contributed by atoms with Crippen LogP contribution in [-0.2, 0) is 9.53 Å². The third kappa shape index (κ3) is 1.84. The van der Waals surface area contributed by atoms with E-state index in [4.69, 9.17) is 4.74 Å². The van der Waals surface area contributed by atoms with Crippen LogP contribution in [-0.4, -0.2) is 29.7 Å². The predicted molar refractivity (Wildman–Crippen MR) is 44.8 cm³/mol. The van der Waals surface area contributed by atoms with Gasteiger partial charge in [0.15, 0.2) is 5.78 Å². The first kappa shape index (κ1) is 9.68. The highest BCUT2D eigenvalue weighted by Gasteiger charge is 2.38. The Labute approximate surface area is 72.7 Å². The van der Waals surface area contributed by atoms with Gasteiger partial charge >= 0.3 is 0 Å². The van der Waals surface area contributed by atoms with Gasteiger partial charge in [0.05, 0.1) is 0 Å². The van der Waals surface area contributed by atoms with Gasteiger partial charge in [-0.25, -0.2) is 0 Å². The van der Waals surface area contributed by atoms with Crippen LogP contribution in [0.3, 0.4) is 0 Å². The van der Waals surface area contributed by atoms with E-state index >= 15 is 0 Å². The minimum Gasteiger partial charge on any atom is -0.382 e. The normalized spacial score (nSPS) is 22.7. The summed E-state index contributed by atoms with van der Waals surface area (Å²) in [5.41, 5.74) is -1.10. The molecule has 0 saturated carbocycles. The number of aliphatic hydroxyl groups is 1. The molecule has 1 aliphatic heterocycles. The number of rotatable bonds is 2. The van der Waals surface area contributed by atoms with Crippen molar-refractivity contribution in [2.24, 2.45) is 5.92 Å². The fourth-order valence-electron chi connectivity index (χ4n) is 1.49. The average molecular weight is 172 g/mol. The molecule has 1 fully saturated rings. The summed E-state index contributed by atoms with van der Waals surface area (Å²) in [5.74, 6) is -0.140. The minimum atomic E-state index is -1.10. The Hall–Kier alpha value is -0.410. The zero-order valence-electron chi connectivity index (χ0n) is 7.67. The molecule has 0 aliphatic carbocycles. The molecule has 1 heterocycles. The van der Waals surface area contributed by atoms with Gasteiger partial charge in [-0.1, -0.05) is 13.8 Å². The van der Waals surface area contributed by atoms with Crippen LogP contribution in [0.2, 0.25) is 0 Å². The summed E-state index contributed by atoms with van der Waals surface area (Å²) in [4.78, 5) is 11.5. The van der Waals surface area contributed by atoms with E-state index in [0.717, 1.165) is 0 Å². The smallest absolute Gasteiger partial charge is 0.167 e. The molecular formula is C9H16O3. The number of ketones is 1. The molecule has 0 bridgehead atoms. The zero-order valence-corrected chi connectivity index (χ0v) is 7.67. The lowest BCUT2D eigenvalue weighted by atomic mass is 9.84. The van der Waals surface area contributed by atoms with E-state index in [1.807, 2.05) is 13.8 Å². The molecule has 1 saturated heterocycles. The van der Waals surface area contributed by atoms with Crippen molar-refractivity contribution in [1.29, 1.82) is 0 Å². The molecule has 0 spiro atoms. The Morgan fingerprint density at radius 1 is 1.42 bits per heavy atom. The Balaban J connectivity index is 2.62. The molecular weight excluding hydrogens is 156 g/mol. The maximum atomic E-state index is 11.5. The lowest BCUT2D eigenvalue weighted by Gasteiger charge is -2.31. The van der Waals surface area contributed by atoms with Crippen LogP contribution >= 0.6 is 0 Å². The highest BCUT2D eigenvalue weighted by atomic mass is 16.5. The van der Waals surface area contributed by atoms with Crippen molar-refractivity contribution >= 4 is 5.78 Å². The molecule has 1 rings (SSSR count). The van der Waals surface area contributed by atoms with Gasteiger partial charge in [0, 0.05) is 32.0 Å². The van der Waals surface area contributed by atoms with Crippen LogP contribution in [0, 0.1) is 5.92 Å². The standard InChI is InChI=1S/C9H16O3/c1-7(2)8(10)9(11)3-5-12-6-4-9/h7,11H,3-6H2,1-2H3. The summed E-state index contributed by atoms with van der Waals surface area (Å²) in [6.07, 6.45) is 0.897. The SMILES string of the molecule is CC(C)C(=O)C1(O)CCOCC1. The second kappa shape index (κ2) is 3.54. The maximum absolute atomic E-state index is 11.5. The second-order valence-corrected chi connectivity index (χ2v) is 3.66. The van der Waals surface area contributed by atoms with Crippen LogP contribution in [0.1, 0.15) is 26.7 Å². The lowest BCUT2D eigenvalue weighted by Crippen LogP contribution is -2.45. The summed E-state index contributed by atoms with van der Waals surface area (Å²) in [7, 11) is 0. The van der Waals surface area contributed by atoms with E-state index in [0.29, 0.717) is 26.1 Å². The van der Waals surface area contributed by atoms with E-state index in [-0.39, 0.29) is 11.7 Å². The highest BCUT2D eigenvalue weighted by Crippen LogP contribution is 2.24. The van der Waals surface area contributed by atoms with Crippen LogP contribution in [0.5, 0.6) is 0 Å². The van der Waals surface area contributed by atoms with Crippen molar-refractivity contribution in [3.8, 4) is 0 Å². The Bertz CT molecular complexity index is 169. The third-order valence-corrected chi connectivity index (χ3v) is 2.30. The van der Waals surface area contributed by atoms with Crippen LogP contribution in [0.4, 0.5) is 0 Å². The van der Waals surface area contributed by atoms with Gasteiger partial charge in [-0.15, -0.1) is 0 Å². The lowest BCUT2D eigenvalue weighted by molar-refractivity contribution is -0.150. The highest BCUT2D eigenvalue weighted by molar-refractivity contribution is 5.88. The molecule has 3 nitrogen and oxygen atoms in total. The number of Topliss-reactive ketones (excluding diaryl/α,β-unsaturated/α-hetero) is 1. The van der Waals surface area contributed by atoms with Crippen LogP contribution in [0.25, 0.3) is 0 Å². The summed E-state index contributed by atoms with van der Waals surface area (Å²) < 4.78 is 5.08. The van der Waals surface area contributed by atoms with Gasteiger partial charge in [0.25, 0.3) is 0 Å². The van der Waals surface area contributed by atoms with Gasteiger partial charge in [-0.2, -0.15) is 0 Å². The fourth-order valence-corrected chi connectivity index (χ4v) is 1.49. The third-order valence-electron chi connectivity index (χ3n) is 2.30. The van der Waals surface area contributed by atoms with Crippen molar-refractivity contribution in [2.45, 2.75) is 32.3 Å². The van der Waals surface area contributed by atoms with Gasteiger partial charge in [-0.3, -0.25) is 4.79 Å². The summed E-state index contributed by atoms with van der Waals surface area (Å²) in [5, 5.41) is 9.88. The molecule has 0 unspecified atom stereocenters. The Kier molecular flexibility index (Phi) is 2.85. The Morgan fingerprint density at radius 2 is 1.92 bits per heavy atom. The molecule has 1 N–H and O–H groups in total. The first-order chi connectivity index (χ1) is 5.56. The molecule has 0 aromatic carbocycles. The fraction of sp³-hybridized carbons (Fsp3) is 0.889. The first-order valence-corrected chi connectivity index (χ1v) is 4.41. The topological polar surface area (TPSA) is 46.5 Å². The zero-order chi connectivity index (χ0) is 9.19. The van der Waals surface area contributed by atoms with Crippen molar-refractivity contribution in [1.82, 2.24) is 0 Å². The van der Waals surface area contributed by atoms with Crippen molar-refractivity contribution in [3.05, 3.63) is 0 Å². The molecule has 0 aromatic rings. The minimum absolute atomic E-state index is 0.0502. The molecule has 0 atom stereocenters. The number of hydrogen-bond donors (Lipinski definition) is 1. The van der Waals surface area contributed by atoms with Crippen LogP contribution < -0.4 is 0 Å². The van der Waals surface area contributed by atoms with E-state index in [9.17, 15) is 9.90 Å². The summed E-state index contributed by atoms with van der Waals surface area (Å²) in [6.45, 7) is 4.62. The molecule has 0 radical (unpaired) electrons. The number of carbonyl (C=O) groups is 1. The Morgan fingerprint density at radius 3 is 2.33 bits per heavy atom. The van der Waals surface area contributed by atoms with Crippen molar-refractivity contribution < 1.29 is 14.6 Å². The van der Waals surface area contributed by atoms with Crippen LogP contribution in [0.15, 0.2) is 0 Å². The maximum Gasteiger partial charge on any atom is 0.167 e. The van der Waals surface area contributed by atoms with E-state index in [2.05, 4.69) is 0 Å². The monoisotopic (exact) mass is 172 g/mol.